The molecule has 4 nitrogen and oxygen atoms in total. The van der Waals surface area contributed by atoms with Crippen LogP contribution < -0.4 is 10.1 Å². The van der Waals surface area contributed by atoms with Gasteiger partial charge in [-0.05, 0) is 25.1 Å². The van der Waals surface area contributed by atoms with Gasteiger partial charge in [-0.3, -0.25) is 0 Å². The van der Waals surface area contributed by atoms with E-state index in [2.05, 4.69) is 5.32 Å². The summed E-state index contributed by atoms with van der Waals surface area (Å²) < 4.78 is 18.3. The Hall–Kier alpha value is -1.62. The molecule has 0 atom stereocenters. The van der Waals surface area contributed by atoms with E-state index in [1.807, 2.05) is 0 Å². The molecule has 1 aromatic rings. The van der Waals surface area contributed by atoms with Crippen LogP contribution in [0.5, 0.6) is 5.75 Å². The van der Waals surface area contributed by atoms with Crippen LogP contribution >= 0.6 is 0 Å². The van der Waals surface area contributed by atoms with E-state index in [0.717, 1.165) is 19.5 Å². The fourth-order valence-corrected chi connectivity index (χ4v) is 1.71. The smallest absolute Gasteiger partial charge is 0.407 e. The first-order valence-corrected chi connectivity index (χ1v) is 5.69. The molecule has 1 aliphatic rings. The second kappa shape index (κ2) is 5.63. The van der Waals surface area contributed by atoms with Crippen LogP contribution in [0.15, 0.2) is 24.3 Å². The Balaban J connectivity index is 1.98. The van der Waals surface area contributed by atoms with Gasteiger partial charge in [0.25, 0.3) is 0 Å². The molecule has 1 saturated heterocycles. The van der Waals surface area contributed by atoms with Gasteiger partial charge < -0.3 is 15.0 Å². The third-order valence-electron chi connectivity index (χ3n) is 2.63. The second-order valence-electron chi connectivity index (χ2n) is 3.89. The quantitative estimate of drug-likeness (QED) is 0.808. The maximum Gasteiger partial charge on any atom is 0.415 e. The Kier molecular flexibility index (Phi) is 3.93. The van der Waals surface area contributed by atoms with Gasteiger partial charge in [0, 0.05) is 19.6 Å². The van der Waals surface area contributed by atoms with E-state index in [9.17, 15) is 9.18 Å². The van der Waals surface area contributed by atoms with E-state index in [1.165, 1.54) is 12.1 Å². The summed E-state index contributed by atoms with van der Waals surface area (Å²) in [5, 5.41) is 3.18. The molecular formula is C12H15FN2O2. The highest BCUT2D eigenvalue weighted by molar-refractivity contribution is 5.70. The van der Waals surface area contributed by atoms with Gasteiger partial charge in [-0.15, -0.1) is 0 Å². The molecule has 0 aliphatic carbocycles. The number of rotatable bonds is 1. The molecule has 0 saturated carbocycles. The first-order valence-electron chi connectivity index (χ1n) is 5.69. The number of halogens is 1. The van der Waals surface area contributed by atoms with Crippen LogP contribution in [0.3, 0.4) is 0 Å². The van der Waals surface area contributed by atoms with E-state index in [4.69, 9.17) is 4.74 Å². The molecule has 2 rings (SSSR count). The molecule has 17 heavy (non-hydrogen) atoms. The summed E-state index contributed by atoms with van der Waals surface area (Å²) in [5.74, 6) is -0.538. The average Bonchev–Trinajstić information content (AvgIpc) is 2.61. The average molecular weight is 238 g/mol. The second-order valence-corrected chi connectivity index (χ2v) is 3.89. The van der Waals surface area contributed by atoms with Crippen LogP contribution in [0.2, 0.25) is 0 Å². The number of hydrogen-bond donors (Lipinski definition) is 1. The van der Waals surface area contributed by atoms with Gasteiger partial charge in [-0.2, -0.15) is 0 Å². The number of para-hydroxylation sites is 1. The van der Waals surface area contributed by atoms with Gasteiger partial charge in [0.15, 0.2) is 11.6 Å². The largest absolute Gasteiger partial charge is 0.415 e. The standard InChI is InChI=1S/C12H15FN2O2/c13-10-4-1-2-5-11(10)17-12(16)15-8-3-6-14-7-9-15/h1-2,4-5,14H,3,6-9H2. The molecule has 0 spiro atoms. The highest BCUT2D eigenvalue weighted by Gasteiger charge is 2.18. The summed E-state index contributed by atoms with van der Waals surface area (Å²) in [6, 6.07) is 5.91. The van der Waals surface area contributed by atoms with Crippen LogP contribution in [0.1, 0.15) is 6.42 Å². The lowest BCUT2D eigenvalue weighted by molar-refractivity contribution is 0.153. The lowest BCUT2D eigenvalue weighted by Crippen LogP contribution is -2.36. The van der Waals surface area contributed by atoms with Gasteiger partial charge in [0.1, 0.15) is 0 Å². The summed E-state index contributed by atoms with van der Waals surface area (Å²) in [7, 11) is 0. The fourth-order valence-electron chi connectivity index (χ4n) is 1.71. The number of amides is 1. The van der Waals surface area contributed by atoms with Crippen molar-refractivity contribution in [3.63, 3.8) is 0 Å². The lowest BCUT2D eigenvalue weighted by atomic mass is 10.3. The van der Waals surface area contributed by atoms with Gasteiger partial charge in [0.05, 0.1) is 0 Å². The molecule has 1 aromatic carbocycles. The molecule has 0 unspecified atom stereocenters. The Morgan fingerprint density at radius 1 is 1.29 bits per heavy atom. The molecule has 92 valence electrons. The first-order chi connectivity index (χ1) is 8.27. The number of carbonyl (C=O) groups excluding carboxylic acids is 1. The normalized spacial score (nSPS) is 16.4. The van der Waals surface area contributed by atoms with Crippen LogP contribution in [-0.2, 0) is 0 Å². The molecular weight excluding hydrogens is 223 g/mol. The fraction of sp³-hybridized carbons (Fsp3) is 0.417. The van der Waals surface area contributed by atoms with Crippen LogP contribution in [0.4, 0.5) is 9.18 Å². The summed E-state index contributed by atoms with van der Waals surface area (Å²) in [6.07, 6.45) is 0.394. The van der Waals surface area contributed by atoms with Crippen LogP contribution in [0.25, 0.3) is 0 Å². The van der Waals surface area contributed by atoms with Crippen LogP contribution in [-0.4, -0.2) is 37.2 Å². The third kappa shape index (κ3) is 3.17. The van der Waals surface area contributed by atoms with Crippen molar-refractivity contribution in [2.24, 2.45) is 0 Å². The van der Waals surface area contributed by atoms with Gasteiger partial charge in [-0.25, -0.2) is 9.18 Å². The minimum absolute atomic E-state index is 0.0188. The molecule has 0 radical (unpaired) electrons. The number of ether oxygens (including phenoxy) is 1. The van der Waals surface area contributed by atoms with Crippen molar-refractivity contribution >= 4 is 6.09 Å². The molecule has 0 aromatic heterocycles. The zero-order valence-electron chi connectivity index (χ0n) is 9.49. The predicted molar refractivity (Wildman–Crippen MR) is 61.5 cm³/mol. The van der Waals surface area contributed by atoms with Crippen molar-refractivity contribution in [2.45, 2.75) is 6.42 Å². The van der Waals surface area contributed by atoms with E-state index in [-0.39, 0.29) is 5.75 Å². The summed E-state index contributed by atoms with van der Waals surface area (Å²) in [4.78, 5) is 13.4. The SMILES string of the molecule is O=C(Oc1ccccc1F)N1CCCNCC1. The van der Waals surface area contributed by atoms with E-state index in [1.54, 1.807) is 17.0 Å². The van der Waals surface area contributed by atoms with Gasteiger partial charge >= 0.3 is 6.09 Å². The van der Waals surface area contributed by atoms with E-state index < -0.39 is 11.9 Å². The minimum Gasteiger partial charge on any atom is -0.407 e. The predicted octanol–water partition coefficient (Wildman–Crippen LogP) is 1.62. The Labute approximate surface area is 99.4 Å². The zero-order valence-corrected chi connectivity index (χ0v) is 9.49. The first kappa shape index (κ1) is 11.9. The van der Waals surface area contributed by atoms with Crippen molar-refractivity contribution in [3.8, 4) is 5.75 Å². The molecule has 1 fully saturated rings. The molecule has 1 amide bonds. The highest BCUT2D eigenvalue weighted by Crippen LogP contribution is 2.16. The summed E-state index contributed by atoms with van der Waals surface area (Å²) in [5.41, 5.74) is 0. The Bertz CT molecular complexity index is 390. The monoisotopic (exact) mass is 238 g/mol. The molecule has 1 N–H and O–H groups in total. The maximum absolute atomic E-state index is 13.3. The Morgan fingerprint density at radius 3 is 2.94 bits per heavy atom. The van der Waals surface area contributed by atoms with E-state index in [0.29, 0.717) is 13.1 Å². The number of hydrogen-bond acceptors (Lipinski definition) is 3. The Morgan fingerprint density at radius 2 is 2.12 bits per heavy atom. The lowest BCUT2D eigenvalue weighted by Gasteiger charge is -2.19. The number of carbonyl (C=O) groups is 1. The van der Waals surface area contributed by atoms with Crippen molar-refractivity contribution < 1.29 is 13.9 Å². The van der Waals surface area contributed by atoms with Crippen molar-refractivity contribution in [2.75, 3.05) is 26.2 Å². The molecule has 1 aliphatic heterocycles. The number of nitrogens with zero attached hydrogens (tertiary/aromatic N) is 1. The van der Waals surface area contributed by atoms with E-state index >= 15 is 0 Å². The molecule has 1 heterocycles. The highest BCUT2D eigenvalue weighted by atomic mass is 19.1. The third-order valence-corrected chi connectivity index (χ3v) is 2.63. The van der Waals surface area contributed by atoms with Gasteiger partial charge in [-0.1, -0.05) is 12.1 Å². The topological polar surface area (TPSA) is 41.6 Å². The van der Waals surface area contributed by atoms with Crippen molar-refractivity contribution in [3.05, 3.63) is 30.1 Å². The number of nitrogens with one attached hydrogen (secondary N) is 1. The number of benzene rings is 1. The van der Waals surface area contributed by atoms with Crippen molar-refractivity contribution in [1.29, 1.82) is 0 Å². The van der Waals surface area contributed by atoms with Crippen LogP contribution in [0, 0.1) is 5.82 Å². The molecule has 0 bridgehead atoms. The summed E-state index contributed by atoms with van der Waals surface area (Å²) in [6.45, 7) is 2.86. The summed E-state index contributed by atoms with van der Waals surface area (Å²) >= 11 is 0. The minimum atomic E-state index is -0.520. The maximum atomic E-state index is 13.3. The van der Waals surface area contributed by atoms with Gasteiger partial charge in [0.2, 0.25) is 0 Å². The molecule has 5 heteroatoms. The van der Waals surface area contributed by atoms with Crippen molar-refractivity contribution in [1.82, 2.24) is 10.2 Å². The zero-order chi connectivity index (χ0) is 12.1.